The number of alkyl halides is 3. The topological polar surface area (TPSA) is 121 Å². The van der Waals surface area contributed by atoms with E-state index in [-0.39, 0.29) is 29.3 Å². The molecule has 0 saturated heterocycles. The van der Waals surface area contributed by atoms with Crippen LogP contribution in [0, 0.1) is 5.92 Å². The predicted molar refractivity (Wildman–Crippen MR) is 162 cm³/mol. The van der Waals surface area contributed by atoms with Crippen molar-refractivity contribution in [1.82, 2.24) is 19.3 Å². The van der Waals surface area contributed by atoms with E-state index in [0.717, 1.165) is 93.7 Å². The molecule has 2 aromatic rings. The maximum absolute atomic E-state index is 13.4. The molecule has 0 aromatic carbocycles. The Morgan fingerprint density at radius 2 is 1.74 bits per heavy atom. The van der Waals surface area contributed by atoms with Crippen molar-refractivity contribution in [3.8, 4) is 5.69 Å². The van der Waals surface area contributed by atoms with Gasteiger partial charge in [0.15, 0.2) is 5.82 Å². The van der Waals surface area contributed by atoms with Gasteiger partial charge in [-0.1, -0.05) is 19.3 Å². The fourth-order valence-electron chi connectivity index (χ4n) is 8.92. The fraction of sp³-hybridized carbons (Fsp3) is 0.742. The molecule has 6 N–H and O–H groups in total. The second-order valence-corrected chi connectivity index (χ2v) is 15.7. The van der Waals surface area contributed by atoms with E-state index in [2.05, 4.69) is 20.7 Å². The number of hydrogen-bond donors (Lipinski definition) is 5. The second kappa shape index (κ2) is 11.2. The van der Waals surface area contributed by atoms with Crippen LogP contribution < -0.4 is 15.8 Å². The number of fused-ring (bicyclic) bond motifs is 5. The molecule has 4 unspecified atom stereocenters. The third-order valence-corrected chi connectivity index (χ3v) is 12.6. The van der Waals surface area contributed by atoms with Crippen molar-refractivity contribution in [2.45, 2.75) is 137 Å². The van der Waals surface area contributed by atoms with Crippen LogP contribution in [-0.4, -0.2) is 46.8 Å². The van der Waals surface area contributed by atoms with Gasteiger partial charge in [-0.05, 0) is 106 Å². The molecule has 4 aliphatic carbocycles. The monoisotopic (exact) mass is 622 g/mol. The number of nitrogens with two attached hydrogens (primary N) is 1. The first-order chi connectivity index (χ1) is 20.5. The molecule has 43 heavy (non-hydrogen) atoms. The normalized spacial score (nSPS) is 32.8. The van der Waals surface area contributed by atoms with Gasteiger partial charge in [0, 0.05) is 47.3 Å². The molecule has 4 atom stereocenters. The number of aromatic nitrogens is 3. The highest BCUT2D eigenvalue weighted by atomic mass is 32.3. The summed E-state index contributed by atoms with van der Waals surface area (Å²) in [6, 6.07) is 3.67. The quantitative estimate of drug-likeness (QED) is 0.232. The molecule has 4 fully saturated rings. The lowest BCUT2D eigenvalue weighted by Gasteiger charge is -2.47. The third-order valence-electron chi connectivity index (χ3n) is 11.3. The second-order valence-electron chi connectivity index (χ2n) is 13.9. The number of pyridine rings is 1. The molecule has 0 radical (unpaired) electrons. The maximum Gasteiger partial charge on any atom is 0.509 e. The standard InChI is InChI=1S/C31H45F3N6O2S/c32-31(33,34)43(41,42)39-22-7-3-6-20(18-22)26-27(19-11-13-21(14-12-19)30(35)15-5-16-30)40-25-10-4-17-36-28(25)37-24-9-2-1-8-23(24)29(40)38-26/h4,10,17,19-24,39,41-42H,1-3,5-9,11-16,18,35H2,(H,36,37). The van der Waals surface area contributed by atoms with E-state index in [1.165, 1.54) is 12.1 Å². The van der Waals surface area contributed by atoms with Crippen LogP contribution >= 0.6 is 10.8 Å². The Morgan fingerprint density at radius 1 is 0.977 bits per heavy atom. The van der Waals surface area contributed by atoms with Crippen LogP contribution in [0.1, 0.15) is 131 Å². The summed E-state index contributed by atoms with van der Waals surface area (Å²) in [5.74, 6) is 2.89. The molecule has 0 bridgehead atoms. The molecular weight excluding hydrogens is 577 g/mol. The molecular formula is C31H45F3N6O2S. The predicted octanol–water partition coefficient (Wildman–Crippen LogP) is 7.68. The van der Waals surface area contributed by atoms with Gasteiger partial charge < -0.3 is 11.1 Å². The minimum atomic E-state index is -5.10. The van der Waals surface area contributed by atoms with Crippen molar-refractivity contribution in [1.29, 1.82) is 0 Å². The molecule has 7 rings (SSSR count). The van der Waals surface area contributed by atoms with Gasteiger partial charge in [-0.3, -0.25) is 13.7 Å². The summed E-state index contributed by atoms with van der Waals surface area (Å²) in [5, 5.41) is 3.75. The van der Waals surface area contributed by atoms with Gasteiger partial charge in [0.05, 0.1) is 11.4 Å². The highest BCUT2D eigenvalue weighted by molar-refractivity contribution is 8.23. The highest BCUT2D eigenvalue weighted by Crippen LogP contribution is 2.54. The Bertz CT molecular complexity index is 1320. The van der Waals surface area contributed by atoms with Gasteiger partial charge >= 0.3 is 5.51 Å². The van der Waals surface area contributed by atoms with Gasteiger partial charge in [-0.15, -0.1) is 0 Å². The summed E-state index contributed by atoms with van der Waals surface area (Å²) in [6.45, 7) is 0. The average molecular weight is 623 g/mol. The molecule has 0 amide bonds. The van der Waals surface area contributed by atoms with Gasteiger partial charge in [0.1, 0.15) is 5.82 Å². The summed E-state index contributed by atoms with van der Waals surface area (Å²) in [4.78, 5) is 10.2. The molecule has 1 aliphatic heterocycles. The number of rotatable bonds is 5. The van der Waals surface area contributed by atoms with E-state index < -0.39 is 22.3 Å². The Balaban J connectivity index is 1.28. The summed E-state index contributed by atoms with van der Waals surface area (Å²) in [7, 11) is -4.92. The van der Waals surface area contributed by atoms with Crippen molar-refractivity contribution in [3.05, 3.63) is 35.5 Å². The number of anilines is 1. The lowest BCUT2D eigenvalue weighted by atomic mass is 9.62. The Labute approximate surface area is 253 Å². The fourth-order valence-corrected chi connectivity index (χ4v) is 9.73. The summed E-state index contributed by atoms with van der Waals surface area (Å²) < 4.78 is 64.5. The molecule has 2 aromatic heterocycles. The Kier molecular flexibility index (Phi) is 7.76. The smallest absolute Gasteiger partial charge is 0.365 e. The van der Waals surface area contributed by atoms with Crippen LogP contribution in [0.4, 0.5) is 19.0 Å². The van der Waals surface area contributed by atoms with Gasteiger partial charge in [-0.2, -0.15) is 13.2 Å². The SMILES string of the molecule is NC1(C2CCC(c3c(C4CCCC(NS(O)(O)C(F)(F)F)C4)nc4n3-c3cccnc3NC3CCCCC43)CC2)CCC1. The van der Waals surface area contributed by atoms with Crippen LogP contribution in [0.25, 0.3) is 5.69 Å². The van der Waals surface area contributed by atoms with Crippen LogP contribution in [-0.2, 0) is 0 Å². The first-order valence-electron chi connectivity index (χ1n) is 16.3. The zero-order valence-corrected chi connectivity index (χ0v) is 25.5. The number of nitrogens with one attached hydrogen (secondary N) is 2. The van der Waals surface area contributed by atoms with Crippen molar-refractivity contribution >= 4 is 16.6 Å². The lowest BCUT2D eigenvalue weighted by molar-refractivity contribution is -0.0548. The van der Waals surface area contributed by atoms with E-state index in [9.17, 15) is 22.3 Å². The highest BCUT2D eigenvalue weighted by Gasteiger charge is 2.48. The zero-order valence-electron chi connectivity index (χ0n) is 24.7. The molecule has 5 aliphatic rings. The Morgan fingerprint density at radius 3 is 2.47 bits per heavy atom. The molecule has 3 heterocycles. The van der Waals surface area contributed by atoms with E-state index in [1.807, 2.05) is 12.3 Å². The van der Waals surface area contributed by atoms with E-state index in [0.29, 0.717) is 25.2 Å². The van der Waals surface area contributed by atoms with E-state index >= 15 is 0 Å². The lowest BCUT2D eigenvalue weighted by Crippen LogP contribution is -2.53. The minimum Gasteiger partial charge on any atom is -0.365 e. The summed E-state index contributed by atoms with van der Waals surface area (Å²) in [5.41, 5.74) is 4.87. The number of nitrogens with zero attached hydrogens (tertiary/aromatic N) is 3. The van der Waals surface area contributed by atoms with Crippen LogP contribution in [0.5, 0.6) is 0 Å². The summed E-state index contributed by atoms with van der Waals surface area (Å²) in [6.07, 6.45) is 16.2. The molecule has 4 saturated carbocycles. The van der Waals surface area contributed by atoms with E-state index in [1.54, 1.807) is 0 Å². The first kappa shape index (κ1) is 29.8. The third kappa shape index (κ3) is 5.38. The van der Waals surface area contributed by atoms with E-state index in [4.69, 9.17) is 15.7 Å². The van der Waals surface area contributed by atoms with Crippen LogP contribution in [0.15, 0.2) is 18.3 Å². The first-order valence-corrected chi connectivity index (χ1v) is 17.8. The van der Waals surface area contributed by atoms with Crippen LogP contribution in [0.3, 0.4) is 0 Å². The van der Waals surface area contributed by atoms with Gasteiger partial charge in [0.2, 0.25) is 0 Å². The minimum absolute atomic E-state index is 0.0257. The molecule has 238 valence electrons. The van der Waals surface area contributed by atoms with Crippen LogP contribution in [0.2, 0.25) is 0 Å². The van der Waals surface area contributed by atoms with Crippen molar-refractivity contribution in [2.24, 2.45) is 11.7 Å². The van der Waals surface area contributed by atoms with Crippen molar-refractivity contribution in [2.75, 3.05) is 5.32 Å². The van der Waals surface area contributed by atoms with Gasteiger partial charge in [-0.25, -0.2) is 14.7 Å². The Hall–Kier alpha value is -1.86. The van der Waals surface area contributed by atoms with Gasteiger partial charge in [0.25, 0.3) is 0 Å². The van der Waals surface area contributed by atoms with Crippen molar-refractivity contribution < 1.29 is 22.3 Å². The average Bonchev–Trinajstić information content (AvgIpc) is 3.30. The molecule has 8 nitrogen and oxygen atoms in total. The molecule has 12 heteroatoms. The molecule has 0 spiro atoms. The summed E-state index contributed by atoms with van der Waals surface area (Å²) >= 11 is 0. The maximum atomic E-state index is 13.4. The number of hydrogen-bond acceptors (Lipinski definition) is 7. The largest absolute Gasteiger partial charge is 0.509 e. The zero-order chi connectivity index (χ0) is 30.0. The van der Waals surface area contributed by atoms with Crippen molar-refractivity contribution in [3.63, 3.8) is 0 Å². The number of halogens is 3. The number of imidazole rings is 1.